The van der Waals surface area contributed by atoms with Crippen LogP contribution in [0, 0.1) is 0 Å². The topological polar surface area (TPSA) is 66.4 Å². The van der Waals surface area contributed by atoms with E-state index < -0.39 is 12.0 Å². The summed E-state index contributed by atoms with van der Waals surface area (Å²) in [6, 6.07) is 6.24. The van der Waals surface area contributed by atoms with Gasteiger partial charge in [0, 0.05) is 9.92 Å². The fraction of sp³-hybridized carbons (Fsp3) is 0.333. The lowest BCUT2D eigenvalue weighted by molar-refractivity contribution is -0.141. The summed E-state index contributed by atoms with van der Waals surface area (Å²) in [4.78, 5) is 23.2. The molecule has 0 radical (unpaired) electrons. The van der Waals surface area contributed by atoms with E-state index in [-0.39, 0.29) is 11.2 Å². The van der Waals surface area contributed by atoms with E-state index in [1.54, 1.807) is 19.1 Å². The summed E-state index contributed by atoms with van der Waals surface area (Å²) in [5.41, 5.74) is 0. The number of amides is 1. The highest BCUT2D eigenvalue weighted by Gasteiger charge is 2.19. The molecule has 0 heterocycles. The Bertz CT molecular complexity index is 435. The number of carboxylic acids is 1. The van der Waals surface area contributed by atoms with Gasteiger partial charge in [0.2, 0.25) is 5.91 Å². The molecule has 0 fully saturated rings. The summed E-state index contributed by atoms with van der Waals surface area (Å²) in [5.74, 6) is -1.35. The lowest BCUT2D eigenvalue weighted by Gasteiger charge is -2.14. The normalized spacial score (nSPS) is 13.7. The van der Waals surface area contributed by atoms with Crippen molar-refractivity contribution in [2.75, 3.05) is 0 Å². The molecule has 1 amide bonds. The van der Waals surface area contributed by atoms with E-state index in [1.165, 1.54) is 18.7 Å². The molecule has 0 aromatic heterocycles. The fourth-order valence-electron chi connectivity index (χ4n) is 1.16. The molecular weight excluding hydrogens is 274 g/mol. The van der Waals surface area contributed by atoms with Crippen LogP contribution in [0.15, 0.2) is 29.2 Å². The first kappa shape index (κ1) is 14.9. The summed E-state index contributed by atoms with van der Waals surface area (Å²) in [5, 5.41) is 11.4. The first-order valence-corrected chi connectivity index (χ1v) is 6.61. The Labute approximate surface area is 115 Å². The van der Waals surface area contributed by atoms with Crippen molar-refractivity contribution in [2.24, 2.45) is 0 Å². The number of halogens is 1. The number of hydrogen-bond acceptors (Lipinski definition) is 3. The van der Waals surface area contributed by atoms with Gasteiger partial charge in [-0.3, -0.25) is 9.59 Å². The van der Waals surface area contributed by atoms with Crippen molar-refractivity contribution in [3.05, 3.63) is 29.3 Å². The molecule has 0 aliphatic carbocycles. The van der Waals surface area contributed by atoms with Gasteiger partial charge in [-0.1, -0.05) is 11.6 Å². The van der Waals surface area contributed by atoms with Crippen LogP contribution in [0.3, 0.4) is 0 Å². The summed E-state index contributed by atoms with van der Waals surface area (Å²) in [7, 11) is 0. The quantitative estimate of drug-likeness (QED) is 0.816. The number of rotatable bonds is 5. The number of nitrogens with one attached hydrogen (secondary N) is 1. The van der Waals surface area contributed by atoms with Crippen molar-refractivity contribution in [3.63, 3.8) is 0 Å². The standard InChI is InChI=1S/C12H14ClNO3S/c1-7(12(16)17)14-11(15)8(2)18-10-5-3-9(13)4-6-10/h3-8H,1-2H3,(H,14,15)(H,16,17)/t7-,8?/m0/s1. The van der Waals surface area contributed by atoms with Gasteiger partial charge in [0.25, 0.3) is 0 Å². The third kappa shape index (κ3) is 4.58. The van der Waals surface area contributed by atoms with Crippen LogP contribution < -0.4 is 5.32 Å². The number of carbonyl (C=O) groups is 2. The van der Waals surface area contributed by atoms with Gasteiger partial charge >= 0.3 is 5.97 Å². The molecule has 1 unspecified atom stereocenters. The maximum atomic E-state index is 11.7. The zero-order valence-corrected chi connectivity index (χ0v) is 11.6. The second kappa shape index (κ2) is 6.66. The van der Waals surface area contributed by atoms with Crippen molar-refractivity contribution in [1.29, 1.82) is 0 Å². The SMILES string of the molecule is CC(Sc1ccc(Cl)cc1)C(=O)N[C@@H](C)C(=O)O. The highest BCUT2D eigenvalue weighted by atomic mass is 35.5. The predicted octanol–water partition coefficient (Wildman–Crippen LogP) is 2.41. The summed E-state index contributed by atoms with van der Waals surface area (Å²) < 4.78 is 0. The van der Waals surface area contributed by atoms with Crippen LogP contribution in [0.4, 0.5) is 0 Å². The van der Waals surface area contributed by atoms with Gasteiger partial charge in [-0.2, -0.15) is 0 Å². The summed E-state index contributed by atoms with van der Waals surface area (Å²) >= 11 is 7.11. The van der Waals surface area contributed by atoms with E-state index >= 15 is 0 Å². The van der Waals surface area contributed by atoms with Crippen molar-refractivity contribution in [3.8, 4) is 0 Å². The van der Waals surface area contributed by atoms with Gasteiger partial charge in [-0.05, 0) is 38.1 Å². The molecule has 1 aromatic rings. The highest BCUT2D eigenvalue weighted by Crippen LogP contribution is 2.24. The Hall–Kier alpha value is -1.20. The molecule has 18 heavy (non-hydrogen) atoms. The first-order valence-electron chi connectivity index (χ1n) is 5.35. The predicted molar refractivity (Wildman–Crippen MR) is 72.0 cm³/mol. The lowest BCUT2D eigenvalue weighted by atomic mass is 10.3. The Morgan fingerprint density at radius 3 is 2.33 bits per heavy atom. The van der Waals surface area contributed by atoms with E-state index in [4.69, 9.17) is 16.7 Å². The van der Waals surface area contributed by atoms with Crippen LogP contribution in [-0.4, -0.2) is 28.3 Å². The number of carbonyl (C=O) groups excluding carboxylic acids is 1. The van der Waals surface area contributed by atoms with Crippen molar-refractivity contribution in [1.82, 2.24) is 5.32 Å². The molecular formula is C12H14ClNO3S. The lowest BCUT2D eigenvalue weighted by Crippen LogP contribution is -2.41. The smallest absolute Gasteiger partial charge is 0.325 e. The van der Waals surface area contributed by atoms with Crippen LogP contribution in [0.1, 0.15) is 13.8 Å². The van der Waals surface area contributed by atoms with Gasteiger partial charge in [-0.15, -0.1) is 11.8 Å². The van der Waals surface area contributed by atoms with Gasteiger partial charge in [-0.25, -0.2) is 0 Å². The van der Waals surface area contributed by atoms with E-state index in [1.807, 2.05) is 12.1 Å². The van der Waals surface area contributed by atoms with Crippen LogP contribution in [0.2, 0.25) is 5.02 Å². The zero-order chi connectivity index (χ0) is 13.7. The van der Waals surface area contributed by atoms with Crippen LogP contribution in [0.25, 0.3) is 0 Å². The molecule has 0 spiro atoms. The third-order valence-electron chi connectivity index (χ3n) is 2.22. The fourth-order valence-corrected chi connectivity index (χ4v) is 2.17. The second-order valence-corrected chi connectivity index (χ2v) is 5.63. The van der Waals surface area contributed by atoms with E-state index in [2.05, 4.69) is 5.32 Å². The van der Waals surface area contributed by atoms with Crippen LogP contribution >= 0.6 is 23.4 Å². The molecule has 1 aromatic carbocycles. The van der Waals surface area contributed by atoms with E-state index in [0.717, 1.165) is 4.90 Å². The molecule has 0 bridgehead atoms. The summed E-state index contributed by atoms with van der Waals surface area (Å²) in [6.45, 7) is 3.16. The minimum atomic E-state index is -1.05. The molecule has 2 N–H and O–H groups in total. The van der Waals surface area contributed by atoms with Gasteiger partial charge in [0.05, 0.1) is 5.25 Å². The Morgan fingerprint density at radius 2 is 1.83 bits per heavy atom. The van der Waals surface area contributed by atoms with Crippen molar-refractivity contribution < 1.29 is 14.7 Å². The first-order chi connectivity index (χ1) is 8.40. The third-order valence-corrected chi connectivity index (χ3v) is 3.59. The van der Waals surface area contributed by atoms with Crippen molar-refractivity contribution >= 4 is 35.2 Å². The van der Waals surface area contributed by atoms with Crippen LogP contribution in [-0.2, 0) is 9.59 Å². The maximum Gasteiger partial charge on any atom is 0.325 e. The molecule has 4 nitrogen and oxygen atoms in total. The highest BCUT2D eigenvalue weighted by molar-refractivity contribution is 8.00. The minimum Gasteiger partial charge on any atom is -0.480 e. The Balaban J connectivity index is 2.54. The van der Waals surface area contributed by atoms with Crippen LogP contribution in [0.5, 0.6) is 0 Å². The molecule has 6 heteroatoms. The largest absolute Gasteiger partial charge is 0.480 e. The average molecular weight is 288 g/mol. The van der Waals surface area contributed by atoms with Gasteiger partial charge < -0.3 is 10.4 Å². The number of thioether (sulfide) groups is 1. The average Bonchev–Trinajstić information content (AvgIpc) is 2.31. The summed E-state index contributed by atoms with van der Waals surface area (Å²) in [6.07, 6.45) is 0. The molecule has 98 valence electrons. The molecule has 2 atom stereocenters. The maximum absolute atomic E-state index is 11.7. The van der Waals surface area contributed by atoms with Gasteiger partial charge in [0.15, 0.2) is 0 Å². The van der Waals surface area contributed by atoms with E-state index in [0.29, 0.717) is 5.02 Å². The number of carboxylic acid groups (broad SMARTS) is 1. The van der Waals surface area contributed by atoms with Crippen molar-refractivity contribution in [2.45, 2.75) is 30.0 Å². The second-order valence-electron chi connectivity index (χ2n) is 3.78. The number of aliphatic carboxylic acids is 1. The molecule has 0 aliphatic heterocycles. The molecule has 0 saturated heterocycles. The van der Waals surface area contributed by atoms with E-state index in [9.17, 15) is 9.59 Å². The molecule has 0 saturated carbocycles. The number of benzene rings is 1. The monoisotopic (exact) mass is 287 g/mol. The Kier molecular flexibility index (Phi) is 5.50. The minimum absolute atomic E-state index is 0.301. The Morgan fingerprint density at radius 1 is 1.28 bits per heavy atom. The molecule has 0 aliphatic rings. The zero-order valence-electron chi connectivity index (χ0n) is 10.0. The number of hydrogen-bond donors (Lipinski definition) is 2. The van der Waals surface area contributed by atoms with Gasteiger partial charge in [0.1, 0.15) is 6.04 Å². The molecule has 1 rings (SSSR count).